The molecule has 3 N–H and O–H groups in total. The average molecular weight is 280 g/mol. The Balaban J connectivity index is 2.28. The van der Waals surface area contributed by atoms with Crippen molar-refractivity contribution in [2.45, 2.75) is 29.6 Å². The molecule has 0 heterocycles. The quantitative estimate of drug-likeness (QED) is 0.870. The van der Waals surface area contributed by atoms with Crippen molar-refractivity contribution in [3.8, 4) is 0 Å². The predicted molar refractivity (Wildman–Crippen MR) is 58.1 cm³/mol. The zero-order valence-corrected chi connectivity index (χ0v) is 9.92. The number of sulfonamides is 1. The molecule has 1 aliphatic carbocycles. The molecule has 2 rings (SSSR count). The fraction of sp³-hybridized carbons (Fsp3) is 0.400. The van der Waals surface area contributed by atoms with Gasteiger partial charge in [0.15, 0.2) is 0 Å². The molecular weight excluding hydrogens is 269 g/mol. The maximum Gasteiger partial charge on any atom is 0.416 e. The molecule has 1 saturated carbocycles. The van der Waals surface area contributed by atoms with E-state index in [1.54, 1.807) is 0 Å². The van der Waals surface area contributed by atoms with Crippen molar-refractivity contribution in [2.24, 2.45) is 5.73 Å². The Labute approximate surface area is 102 Å². The predicted octanol–water partition coefficient (Wildman–Crippen LogP) is 1.08. The number of rotatable bonds is 3. The highest BCUT2D eigenvalue weighted by molar-refractivity contribution is 7.89. The van der Waals surface area contributed by atoms with E-state index in [1.807, 2.05) is 0 Å². The third kappa shape index (κ3) is 2.82. The van der Waals surface area contributed by atoms with Gasteiger partial charge in [-0.15, -0.1) is 0 Å². The molecule has 0 aliphatic heterocycles. The summed E-state index contributed by atoms with van der Waals surface area (Å²) in [6.45, 7) is 0. The number of benzene rings is 1. The minimum Gasteiger partial charge on any atom is -0.326 e. The van der Waals surface area contributed by atoms with E-state index in [9.17, 15) is 21.6 Å². The molecule has 0 aromatic heterocycles. The van der Waals surface area contributed by atoms with Gasteiger partial charge in [-0.25, -0.2) is 13.1 Å². The lowest BCUT2D eigenvalue weighted by Crippen LogP contribution is -2.30. The van der Waals surface area contributed by atoms with Crippen molar-refractivity contribution >= 4 is 10.0 Å². The van der Waals surface area contributed by atoms with Crippen LogP contribution >= 0.6 is 0 Å². The Morgan fingerprint density at radius 3 is 2.44 bits per heavy atom. The normalized spacial score (nSPS) is 24.0. The Morgan fingerprint density at radius 2 is 1.94 bits per heavy atom. The lowest BCUT2D eigenvalue weighted by atomic mass is 10.2. The van der Waals surface area contributed by atoms with Crippen molar-refractivity contribution in [1.82, 2.24) is 4.72 Å². The monoisotopic (exact) mass is 280 g/mol. The summed E-state index contributed by atoms with van der Waals surface area (Å²) in [7, 11) is -3.94. The first-order valence-corrected chi connectivity index (χ1v) is 6.63. The zero-order chi connectivity index (χ0) is 13.6. The Kier molecular flexibility index (Phi) is 3.12. The molecule has 2 atom stereocenters. The van der Waals surface area contributed by atoms with Crippen LogP contribution in [-0.4, -0.2) is 20.5 Å². The molecule has 0 spiro atoms. The largest absolute Gasteiger partial charge is 0.416 e. The van der Waals surface area contributed by atoms with Crippen LogP contribution in [-0.2, 0) is 16.2 Å². The SMILES string of the molecule is NC1CC1NS(=O)(=O)c1cccc(C(F)(F)F)c1. The number of hydrogen-bond donors (Lipinski definition) is 2. The van der Waals surface area contributed by atoms with Gasteiger partial charge in [-0.1, -0.05) is 6.07 Å². The number of alkyl halides is 3. The molecule has 100 valence electrons. The highest BCUT2D eigenvalue weighted by atomic mass is 32.2. The van der Waals surface area contributed by atoms with Crippen molar-refractivity contribution < 1.29 is 21.6 Å². The summed E-state index contributed by atoms with van der Waals surface area (Å²) in [4.78, 5) is -0.406. The van der Waals surface area contributed by atoms with E-state index < -0.39 is 26.7 Å². The molecule has 1 fully saturated rings. The Bertz CT molecular complexity index is 556. The van der Waals surface area contributed by atoms with Gasteiger partial charge in [-0.05, 0) is 24.6 Å². The first-order chi connectivity index (χ1) is 8.20. The van der Waals surface area contributed by atoms with Crippen LogP contribution in [0.3, 0.4) is 0 Å². The van der Waals surface area contributed by atoms with Gasteiger partial charge in [-0.3, -0.25) is 0 Å². The molecule has 1 aliphatic rings. The summed E-state index contributed by atoms with van der Waals surface area (Å²) in [5.74, 6) is 0. The first-order valence-electron chi connectivity index (χ1n) is 5.15. The second kappa shape index (κ2) is 4.22. The van der Waals surface area contributed by atoms with E-state index in [2.05, 4.69) is 4.72 Å². The van der Waals surface area contributed by atoms with Crippen molar-refractivity contribution in [1.29, 1.82) is 0 Å². The second-order valence-corrected chi connectivity index (χ2v) is 5.87. The minimum atomic E-state index is -4.57. The summed E-state index contributed by atoms with van der Waals surface area (Å²) in [6, 6.07) is 2.96. The smallest absolute Gasteiger partial charge is 0.326 e. The molecule has 0 amide bonds. The molecule has 8 heteroatoms. The lowest BCUT2D eigenvalue weighted by molar-refractivity contribution is -0.137. The van der Waals surface area contributed by atoms with Gasteiger partial charge in [0.2, 0.25) is 10.0 Å². The van der Waals surface area contributed by atoms with Gasteiger partial charge in [0.05, 0.1) is 10.5 Å². The molecule has 2 unspecified atom stereocenters. The van der Waals surface area contributed by atoms with E-state index in [-0.39, 0.29) is 12.1 Å². The van der Waals surface area contributed by atoms with E-state index in [0.29, 0.717) is 12.5 Å². The van der Waals surface area contributed by atoms with Crippen molar-refractivity contribution in [2.75, 3.05) is 0 Å². The number of nitrogens with one attached hydrogen (secondary N) is 1. The van der Waals surface area contributed by atoms with E-state index in [1.165, 1.54) is 0 Å². The first kappa shape index (κ1) is 13.3. The molecule has 1 aromatic rings. The van der Waals surface area contributed by atoms with Gasteiger partial charge in [-0.2, -0.15) is 13.2 Å². The zero-order valence-electron chi connectivity index (χ0n) is 9.11. The molecule has 0 bridgehead atoms. The number of nitrogens with two attached hydrogens (primary N) is 1. The van der Waals surface area contributed by atoms with E-state index in [4.69, 9.17) is 5.73 Å². The molecule has 1 aromatic carbocycles. The lowest BCUT2D eigenvalue weighted by Gasteiger charge is -2.10. The molecule has 4 nitrogen and oxygen atoms in total. The maximum atomic E-state index is 12.5. The summed E-state index contributed by atoms with van der Waals surface area (Å²) < 4.78 is 63.2. The van der Waals surface area contributed by atoms with Crippen LogP contribution in [0.2, 0.25) is 0 Å². The summed E-state index contributed by atoms with van der Waals surface area (Å²) in [5, 5.41) is 0. The van der Waals surface area contributed by atoms with Crippen LogP contribution < -0.4 is 10.5 Å². The van der Waals surface area contributed by atoms with Crippen LogP contribution in [0.5, 0.6) is 0 Å². The third-order valence-electron chi connectivity index (χ3n) is 2.62. The molecule has 18 heavy (non-hydrogen) atoms. The summed E-state index contributed by atoms with van der Waals surface area (Å²) in [6.07, 6.45) is -4.07. The molecule has 0 saturated heterocycles. The average Bonchev–Trinajstić information content (AvgIpc) is 2.92. The van der Waals surface area contributed by atoms with Crippen molar-refractivity contribution in [3.05, 3.63) is 29.8 Å². The minimum absolute atomic E-state index is 0.259. The topological polar surface area (TPSA) is 72.2 Å². The maximum absolute atomic E-state index is 12.5. The van der Waals surface area contributed by atoms with Crippen LogP contribution in [0.1, 0.15) is 12.0 Å². The second-order valence-electron chi connectivity index (χ2n) is 4.15. The summed E-state index contributed by atoms with van der Waals surface area (Å²) in [5.41, 5.74) is 4.45. The van der Waals surface area contributed by atoms with E-state index in [0.717, 1.165) is 18.2 Å². The fourth-order valence-electron chi connectivity index (χ4n) is 1.46. The van der Waals surface area contributed by atoms with Gasteiger partial charge in [0, 0.05) is 12.1 Å². The third-order valence-corrected chi connectivity index (χ3v) is 4.11. The molecular formula is C10H11F3N2O2S. The van der Waals surface area contributed by atoms with Gasteiger partial charge < -0.3 is 5.73 Å². The van der Waals surface area contributed by atoms with Gasteiger partial charge >= 0.3 is 6.18 Å². The van der Waals surface area contributed by atoms with Crippen LogP contribution in [0.15, 0.2) is 29.2 Å². The highest BCUT2D eigenvalue weighted by Crippen LogP contribution is 2.30. The molecule has 0 radical (unpaired) electrons. The van der Waals surface area contributed by atoms with Crippen LogP contribution in [0.4, 0.5) is 13.2 Å². The Morgan fingerprint density at radius 1 is 1.33 bits per heavy atom. The Hall–Kier alpha value is -1.12. The highest BCUT2D eigenvalue weighted by Gasteiger charge is 2.38. The fourth-order valence-corrected chi connectivity index (χ4v) is 2.80. The summed E-state index contributed by atoms with van der Waals surface area (Å²) >= 11 is 0. The number of hydrogen-bond acceptors (Lipinski definition) is 3. The van der Waals surface area contributed by atoms with Gasteiger partial charge in [0.25, 0.3) is 0 Å². The van der Waals surface area contributed by atoms with Crippen LogP contribution in [0, 0.1) is 0 Å². The van der Waals surface area contributed by atoms with E-state index >= 15 is 0 Å². The van der Waals surface area contributed by atoms with Crippen LogP contribution in [0.25, 0.3) is 0 Å². The van der Waals surface area contributed by atoms with Gasteiger partial charge in [0.1, 0.15) is 0 Å². The van der Waals surface area contributed by atoms with Crippen molar-refractivity contribution in [3.63, 3.8) is 0 Å². The standard InChI is InChI=1S/C10H11F3N2O2S/c11-10(12,13)6-2-1-3-7(4-6)18(16,17)15-9-5-8(9)14/h1-4,8-9,15H,5,14H2. The number of halogens is 3.